The molecular formula is C12H19NO. The van der Waals surface area contributed by atoms with Crippen LogP contribution in [0.3, 0.4) is 0 Å². The SMILES string of the molecule is CCCC(CC)Oc1cccc(N)c1. The summed E-state index contributed by atoms with van der Waals surface area (Å²) in [5.74, 6) is 0.880. The fraction of sp³-hybridized carbons (Fsp3) is 0.500. The van der Waals surface area contributed by atoms with Crippen LogP contribution in [-0.2, 0) is 0 Å². The Morgan fingerprint density at radius 2 is 2.14 bits per heavy atom. The predicted molar refractivity (Wildman–Crippen MR) is 60.5 cm³/mol. The molecule has 0 aliphatic heterocycles. The van der Waals surface area contributed by atoms with Crippen molar-refractivity contribution in [3.05, 3.63) is 24.3 Å². The predicted octanol–water partition coefficient (Wildman–Crippen LogP) is 3.23. The maximum Gasteiger partial charge on any atom is 0.121 e. The molecule has 0 saturated carbocycles. The number of anilines is 1. The molecule has 0 fully saturated rings. The molecule has 1 rings (SSSR count). The van der Waals surface area contributed by atoms with Crippen molar-refractivity contribution >= 4 is 5.69 Å². The molecule has 0 aliphatic carbocycles. The van der Waals surface area contributed by atoms with Crippen molar-refractivity contribution in [3.63, 3.8) is 0 Å². The lowest BCUT2D eigenvalue weighted by atomic mass is 10.1. The van der Waals surface area contributed by atoms with Crippen molar-refractivity contribution in [2.45, 2.75) is 39.2 Å². The average molecular weight is 193 g/mol. The van der Waals surface area contributed by atoms with E-state index in [0.717, 1.165) is 30.7 Å². The number of nitrogens with two attached hydrogens (primary N) is 1. The van der Waals surface area contributed by atoms with Crippen LogP contribution < -0.4 is 10.5 Å². The molecule has 2 heteroatoms. The maximum absolute atomic E-state index is 5.80. The van der Waals surface area contributed by atoms with Gasteiger partial charge < -0.3 is 10.5 Å². The quantitative estimate of drug-likeness (QED) is 0.729. The number of benzene rings is 1. The molecule has 2 nitrogen and oxygen atoms in total. The molecule has 0 saturated heterocycles. The van der Waals surface area contributed by atoms with Gasteiger partial charge in [0.15, 0.2) is 0 Å². The first-order chi connectivity index (χ1) is 6.76. The normalized spacial score (nSPS) is 12.4. The van der Waals surface area contributed by atoms with Gasteiger partial charge in [0.1, 0.15) is 5.75 Å². The number of nitrogen functional groups attached to an aromatic ring is 1. The summed E-state index contributed by atoms with van der Waals surface area (Å²) >= 11 is 0. The van der Waals surface area contributed by atoms with Gasteiger partial charge in [0.25, 0.3) is 0 Å². The van der Waals surface area contributed by atoms with E-state index in [0.29, 0.717) is 6.10 Å². The van der Waals surface area contributed by atoms with Crippen molar-refractivity contribution < 1.29 is 4.74 Å². The highest BCUT2D eigenvalue weighted by atomic mass is 16.5. The topological polar surface area (TPSA) is 35.2 Å². The van der Waals surface area contributed by atoms with E-state index >= 15 is 0 Å². The summed E-state index contributed by atoms with van der Waals surface area (Å²) in [6.07, 6.45) is 3.62. The van der Waals surface area contributed by atoms with Gasteiger partial charge in [0.05, 0.1) is 6.10 Å². The maximum atomic E-state index is 5.80. The molecule has 0 spiro atoms. The summed E-state index contributed by atoms with van der Waals surface area (Å²) in [5, 5.41) is 0. The Morgan fingerprint density at radius 3 is 2.71 bits per heavy atom. The monoisotopic (exact) mass is 193 g/mol. The minimum Gasteiger partial charge on any atom is -0.490 e. The van der Waals surface area contributed by atoms with Crippen molar-refractivity contribution in [2.24, 2.45) is 0 Å². The Hall–Kier alpha value is -1.18. The van der Waals surface area contributed by atoms with Gasteiger partial charge in [0, 0.05) is 11.8 Å². The highest BCUT2D eigenvalue weighted by molar-refractivity contribution is 5.43. The van der Waals surface area contributed by atoms with E-state index < -0.39 is 0 Å². The van der Waals surface area contributed by atoms with Crippen LogP contribution in [0.5, 0.6) is 5.75 Å². The standard InChI is InChI=1S/C12H19NO/c1-3-6-11(4-2)14-12-8-5-7-10(13)9-12/h5,7-9,11H,3-4,6,13H2,1-2H3. The van der Waals surface area contributed by atoms with Gasteiger partial charge in [-0.1, -0.05) is 26.3 Å². The Labute approximate surface area is 86.1 Å². The third-order valence-corrected chi connectivity index (χ3v) is 2.23. The van der Waals surface area contributed by atoms with Gasteiger partial charge in [-0.3, -0.25) is 0 Å². The number of rotatable bonds is 5. The molecule has 2 N–H and O–H groups in total. The first-order valence-corrected chi connectivity index (χ1v) is 5.28. The zero-order valence-electron chi connectivity index (χ0n) is 8.99. The van der Waals surface area contributed by atoms with Crippen molar-refractivity contribution in [3.8, 4) is 5.75 Å². The Balaban J connectivity index is 2.57. The van der Waals surface area contributed by atoms with Crippen LogP contribution in [0, 0.1) is 0 Å². The van der Waals surface area contributed by atoms with Crippen LogP contribution in [-0.4, -0.2) is 6.10 Å². The van der Waals surface area contributed by atoms with Crippen molar-refractivity contribution in [2.75, 3.05) is 5.73 Å². The highest BCUT2D eigenvalue weighted by Gasteiger charge is 2.06. The van der Waals surface area contributed by atoms with E-state index in [2.05, 4.69) is 13.8 Å². The summed E-state index contributed by atoms with van der Waals surface area (Å²) in [6.45, 7) is 4.32. The number of hydrogen-bond donors (Lipinski definition) is 1. The lowest BCUT2D eigenvalue weighted by molar-refractivity contribution is 0.186. The van der Waals surface area contributed by atoms with Gasteiger partial charge in [-0.2, -0.15) is 0 Å². The lowest BCUT2D eigenvalue weighted by Crippen LogP contribution is -2.14. The van der Waals surface area contributed by atoms with Crippen LogP contribution in [0.15, 0.2) is 24.3 Å². The van der Waals surface area contributed by atoms with Gasteiger partial charge in [-0.25, -0.2) is 0 Å². The molecule has 14 heavy (non-hydrogen) atoms. The summed E-state index contributed by atoms with van der Waals surface area (Å²) in [6, 6.07) is 7.62. The van der Waals surface area contributed by atoms with Crippen LogP contribution in [0.25, 0.3) is 0 Å². The Kier molecular flexibility index (Phi) is 4.30. The average Bonchev–Trinajstić information content (AvgIpc) is 2.17. The number of hydrogen-bond acceptors (Lipinski definition) is 2. The van der Waals surface area contributed by atoms with E-state index in [1.54, 1.807) is 0 Å². The van der Waals surface area contributed by atoms with E-state index in [9.17, 15) is 0 Å². The highest BCUT2D eigenvalue weighted by Crippen LogP contribution is 2.18. The molecule has 0 heterocycles. The molecule has 1 unspecified atom stereocenters. The third kappa shape index (κ3) is 3.29. The first kappa shape index (κ1) is 10.9. The Morgan fingerprint density at radius 1 is 1.36 bits per heavy atom. The Bertz CT molecular complexity index is 273. The molecule has 1 aromatic carbocycles. The van der Waals surface area contributed by atoms with E-state index in [1.165, 1.54) is 0 Å². The van der Waals surface area contributed by atoms with Crippen molar-refractivity contribution in [1.29, 1.82) is 0 Å². The van der Waals surface area contributed by atoms with Gasteiger partial charge >= 0.3 is 0 Å². The van der Waals surface area contributed by atoms with Gasteiger partial charge in [0.2, 0.25) is 0 Å². The molecule has 1 aromatic rings. The van der Waals surface area contributed by atoms with E-state index in [-0.39, 0.29) is 0 Å². The molecule has 78 valence electrons. The number of ether oxygens (including phenoxy) is 1. The molecular weight excluding hydrogens is 174 g/mol. The third-order valence-electron chi connectivity index (χ3n) is 2.23. The molecule has 0 aromatic heterocycles. The second-order valence-electron chi connectivity index (χ2n) is 3.51. The first-order valence-electron chi connectivity index (χ1n) is 5.28. The minimum atomic E-state index is 0.321. The molecule has 0 aliphatic rings. The second-order valence-corrected chi connectivity index (χ2v) is 3.51. The molecule has 0 radical (unpaired) electrons. The van der Waals surface area contributed by atoms with Crippen LogP contribution in [0.1, 0.15) is 33.1 Å². The smallest absolute Gasteiger partial charge is 0.121 e. The summed E-state index contributed by atoms with van der Waals surface area (Å²) in [5.41, 5.74) is 6.43. The molecule has 1 atom stereocenters. The lowest BCUT2D eigenvalue weighted by Gasteiger charge is -2.16. The van der Waals surface area contributed by atoms with Crippen LogP contribution >= 0.6 is 0 Å². The zero-order chi connectivity index (χ0) is 10.4. The minimum absolute atomic E-state index is 0.321. The van der Waals surface area contributed by atoms with Gasteiger partial charge in [-0.05, 0) is 25.0 Å². The summed E-state index contributed by atoms with van der Waals surface area (Å²) in [7, 11) is 0. The van der Waals surface area contributed by atoms with Crippen LogP contribution in [0.2, 0.25) is 0 Å². The fourth-order valence-electron chi connectivity index (χ4n) is 1.45. The van der Waals surface area contributed by atoms with E-state index in [1.807, 2.05) is 24.3 Å². The fourth-order valence-corrected chi connectivity index (χ4v) is 1.45. The second kappa shape index (κ2) is 5.53. The van der Waals surface area contributed by atoms with Crippen LogP contribution in [0.4, 0.5) is 5.69 Å². The summed E-state index contributed by atoms with van der Waals surface area (Å²) in [4.78, 5) is 0. The van der Waals surface area contributed by atoms with E-state index in [4.69, 9.17) is 10.5 Å². The summed E-state index contributed by atoms with van der Waals surface area (Å²) < 4.78 is 5.80. The largest absolute Gasteiger partial charge is 0.490 e. The molecule has 0 amide bonds. The molecule has 0 bridgehead atoms. The van der Waals surface area contributed by atoms with Gasteiger partial charge in [-0.15, -0.1) is 0 Å². The van der Waals surface area contributed by atoms with Crippen molar-refractivity contribution in [1.82, 2.24) is 0 Å². The zero-order valence-corrected chi connectivity index (χ0v) is 8.99.